The molecule has 2 N–H and O–H groups in total. The Balaban J connectivity index is 1.36. The van der Waals surface area contributed by atoms with E-state index in [0.29, 0.717) is 5.69 Å². The minimum absolute atomic E-state index is 0.0282. The van der Waals surface area contributed by atoms with Crippen LogP contribution >= 0.6 is 0 Å². The van der Waals surface area contributed by atoms with E-state index < -0.39 is 28.7 Å². The molecule has 0 spiro atoms. The predicted octanol–water partition coefficient (Wildman–Crippen LogP) is 4.20. The van der Waals surface area contributed by atoms with Crippen LogP contribution in [0.15, 0.2) is 78.0 Å². The smallest absolute Gasteiger partial charge is 0.405 e. The summed E-state index contributed by atoms with van der Waals surface area (Å²) in [6, 6.07) is 14.5. The lowest BCUT2D eigenvalue weighted by molar-refractivity contribution is -0.274. The molecule has 3 aromatic rings. The highest BCUT2D eigenvalue weighted by atomic mass is 32.2. The van der Waals surface area contributed by atoms with E-state index in [-0.39, 0.29) is 28.2 Å². The van der Waals surface area contributed by atoms with E-state index in [0.717, 1.165) is 18.1 Å². The molecule has 2 atom stereocenters. The molecule has 1 amide bonds. The van der Waals surface area contributed by atoms with E-state index in [4.69, 9.17) is 0 Å². The van der Waals surface area contributed by atoms with E-state index >= 15 is 0 Å². The monoisotopic (exact) mass is 491 g/mol. The molecule has 0 radical (unpaired) electrons. The molecule has 2 aromatic carbocycles. The fourth-order valence-corrected chi connectivity index (χ4v) is 4.55. The zero-order valence-corrected chi connectivity index (χ0v) is 18.4. The van der Waals surface area contributed by atoms with E-state index in [1.165, 1.54) is 42.5 Å². The van der Waals surface area contributed by atoms with Crippen molar-refractivity contribution < 1.29 is 31.1 Å². The van der Waals surface area contributed by atoms with Crippen LogP contribution in [0.4, 0.5) is 18.9 Å². The Kier molecular flexibility index (Phi) is 6.58. The number of aromatic nitrogens is 1. The fourth-order valence-electron chi connectivity index (χ4n) is 3.55. The average Bonchev–Trinajstić information content (AvgIpc) is 3.60. The van der Waals surface area contributed by atoms with Crippen molar-refractivity contribution in [3.8, 4) is 5.75 Å². The van der Waals surface area contributed by atoms with Crippen molar-refractivity contribution in [1.29, 1.82) is 0 Å². The highest BCUT2D eigenvalue weighted by Gasteiger charge is 2.43. The molecule has 1 aromatic heterocycles. The number of rotatable bonds is 8. The molecule has 7 nitrogen and oxygen atoms in total. The van der Waals surface area contributed by atoms with Gasteiger partial charge in [0.05, 0.1) is 4.90 Å². The van der Waals surface area contributed by atoms with Gasteiger partial charge >= 0.3 is 6.36 Å². The molecule has 1 fully saturated rings. The van der Waals surface area contributed by atoms with Gasteiger partial charge in [-0.3, -0.25) is 9.78 Å². The molecule has 11 heteroatoms. The molecule has 2 unspecified atom stereocenters. The van der Waals surface area contributed by atoms with Crippen molar-refractivity contribution in [2.45, 2.75) is 30.1 Å². The molecule has 1 heterocycles. The minimum atomic E-state index is -4.89. The number of para-hydroxylation sites is 1. The second-order valence-corrected chi connectivity index (χ2v) is 9.49. The third kappa shape index (κ3) is 5.91. The summed E-state index contributed by atoms with van der Waals surface area (Å²) in [6.45, 7) is -0.398. The Labute approximate surface area is 194 Å². The number of carbonyl (C=O) groups is 1. The summed E-state index contributed by atoms with van der Waals surface area (Å²) in [6.07, 6.45) is -0.810. The van der Waals surface area contributed by atoms with Gasteiger partial charge in [-0.05, 0) is 60.4 Å². The van der Waals surface area contributed by atoms with E-state index in [1.54, 1.807) is 12.4 Å². The average molecular weight is 491 g/mol. The number of alkyl halides is 3. The number of nitrogens with zero attached hydrogens (tertiary/aromatic N) is 1. The van der Waals surface area contributed by atoms with Crippen molar-refractivity contribution in [3.63, 3.8) is 0 Å². The van der Waals surface area contributed by atoms with Gasteiger partial charge in [-0.1, -0.05) is 18.2 Å². The first-order valence-corrected chi connectivity index (χ1v) is 11.7. The molecular formula is C23H20F3N3O4S. The number of benzene rings is 2. The molecule has 0 saturated heterocycles. The molecule has 178 valence electrons. The van der Waals surface area contributed by atoms with Gasteiger partial charge < -0.3 is 10.1 Å². The number of amides is 1. The molecule has 1 saturated carbocycles. The van der Waals surface area contributed by atoms with Crippen LogP contribution < -0.4 is 14.8 Å². The number of nitrogens with one attached hydrogen (secondary N) is 2. The lowest BCUT2D eigenvalue weighted by atomic mass is 10.1. The summed E-state index contributed by atoms with van der Waals surface area (Å²) in [5.74, 6) is -0.666. The lowest BCUT2D eigenvalue weighted by Crippen LogP contribution is -2.24. The standard InChI is InChI=1S/C23H20F3N3O4S/c24-23(25,26)33-21-4-2-1-3-16(21)14-28-34(31,32)18-7-5-17(6-8-18)29-22(30)20-13-19(20)15-9-11-27-12-10-15/h1-12,19-20,28H,13-14H2,(H,29,30). The van der Waals surface area contributed by atoms with Crippen molar-refractivity contribution in [2.24, 2.45) is 5.92 Å². The Morgan fingerprint density at radius 2 is 1.71 bits per heavy atom. The summed E-state index contributed by atoms with van der Waals surface area (Å²) in [5.41, 5.74) is 1.51. The molecule has 4 rings (SSSR count). The third-order valence-corrected chi connectivity index (χ3v) is 6.76. The number of hydrogen-bond donors (Lipinski definition) is 2. The number of halogens is 3. The second kappa shape index (κ2) is 9.43. The topological polar surface area (TPSA) is 97.4 Å². The molecular weight excluding hydrogens is 471 g/mol. The number of pyridine rings is 1. The van der Waals surface area contributed by atoms with Crippen LogP contribution in [0, 0.1) is 5.92 Å². The number of sulfonamides is 1. The van der Waals surface area contributed by atoms with Gasteiger partial charge in [0.15, 0.2) is 0 Å². The molecule has 0 aliphatic heterocycles. The van der Waals surface area contributed by atoms with E-state index in [9.17, 15) is 26.4 Å². The first kappa shape index (κ1) is 23.7. The SMILES string of the molecule is O=C(Nc1ccc(S(=O)(=O)NCc2ccccc2OC(F)(F)F)cc1)C1CC1c1ccncc1. The number of carbonyl (C=O) groups excluding carboxylic acids is 1. The lowest BCUT2D eigenvalue weighted by Gasteiger charge is -2.14. The van der Waals surface area contributed by atoms with E-state index in [1.807, 2.05) is 12.1 Å². The first-order valence-electron chi connectivity index (χ1n) is 10.3. The highest BCUT2D eigenvalue weighted by Crippen LogP contribution is 2.47. The van der Waals surface area contributed by atoms with Gasteiger partial charge in [-0.25, -0.2) is 13.1 Å². The van der Waals surface area contributed by atoms with E-state index in [2.05, 4.69) is 19.8 Å². The predicted molar refractivity (Wildman–Crippen MR) is 117 cm³/mol. The molecule has 34 heavy (non-hydrogen) atoms. The Bertz CT molecular complexity index is 1270. The zero-order valence-electron chi connectivity index (χ0n) is 17.6. The quantitative estimate of drug-likeness (QED) is 0.492. The second-order valence-electron chi connectivity index (χ2n) is 7.72. The molecule has 1 aliphatic rings. The highest BCUT2D eigenvalue weighted by molar-refractivity contribution is 7.89. The van der Waals surface area contributed by atoms with Gasteiger partial charge in [0.25, 0.3) is 0 Å². The maximum absolute atomic E-state index is 12.6. The van der Waals surface area contributed by atoms with Crippen LogP contribution in [-0.2, 0) is 21.4 Å². The van der Waals surface area contributed by atoms with Crippen molar-refractivity contribution >= 4 is 21.6 Å². The zero-order chi connectivity index (χ0) is 24.3. The van der Waals surface area contributed by atoms with Crippen molar-refractivity contribution in [1.82, 2.24) is 9.71 Å². The normalized spacial score (nSPS) is 17.7. The maximum Gasteiger partial charge on any atom is 0.573 e. The van der Waals surface area contributed by atoms with Crippen LogP contribution in [0.1, 0.15) is 23.5 Å². The number of anilines is 1. The number of ether oxygens (including phenoxy) is 1. The molecule has 1 aliphatic carbocycles. The third-order valence-electron chi connectivity index (χ3n) is 5.34. The van der Waals surface area contributed by atoms with Crippen LogP contribution in [0.5, 0.6) is 5.75 Å². The van der Waals surface area contributed by atoms with Crippen molar-refractivity contribution in [3.05, 3.63) is 84.2 Å². The van der Waals surface area contributed by atoms with Gasteiger partial charge in [-0.2, -0.15) is 0 Å². The van der Waals surface area contributed by atoms with Crippen LogP contribution in [0.3, 0.4) is 0 Å². The maximum atomic E-state index is 12.6. The summed E-state index contributed by atoms with van der Waals surface area (Å²) in [4.78, 5) is 16.3. The Morgan fingerprint density at radius 1 is 1.03 bits per heavy atom. The summed E-state index contributed by atoms with van der Waals surface area (Å²) < 4.78 is 69.0. The van der Waals surface area contributed by atoms with Gasteiger partial charge in [0.2, 0.25) is 15.9 Å². The Morgan fingerprint density at radius 3 is 2.38 bits per heavy atom. The molecule has 0 bridgehead atoms. The van der Waals surface area contributed by atoms with Gasteiger partial charge in [0.1, 0.15) is 5.75 Å². The fraction of sp³-hybridized carbons (Fsp3) is 0.217. The van der Waals surface area contributed by atoms with Crippen molar-refractivity contribution in [2.75, 3.05) is 5.32 Å². The van der Waals surface area contributed by atoms with Gasteiger partial charge in [-0.15, -0.1) is 13.2 Å². The van der Waals surface area contributed by atoms with Crippen LogP contribution in [0.25, 0.3) is 0 Å². The van der Waals surface area contributed by atoms with Crippen LogP contribution in [-0.4, -0.2) is 25.7 Å². The summed E-state index contributed by atoms with van der Waals surface area (Å²) >= 11 is 0. The Hall–Kier alpha value is -3.44. The summed E-state index contributed by atoms with van der Waals surface area (Å²) in [5, 5.41) is 2.78. The number of hydrogen-bond acceptors (Lipinski definition) is 5. The summed E-state index contributed by atoms with van der Waals surface area (Å²) in [7, 11) is -4.02. The minimum Gasteiger partial charge on any atom is -0.405 e. The van der Waals surface area contributed by atoms with Crippen LogP contribution in [0.2, 0.25) is 0 Å². The largest absolute Gasteiger partial charge is 0.573 e. The van der Waals surface area contributed by atoms with Gasteiger partial charge in [0, 0.05) is 36.1 Å². The first-order chi connectivity index (χ1) is 16.1.